The molecule has 6 nitrogen and oxygen atoms in total. The number of aromatic nitrogens is 1. The summed E-state index contributed by atoms with van der Waals surface area (Å²) in [6.07, 6.45) is 4.64. The van der Waals surface area contributed by atoms with Gasteiger partial charge in [0, 0.05) is 19.3 Å². The lowest BCUT2D eigenvalue weighted by molar-refractivity contribution is 0.134. The minimum atomic E-state index is -3.60. The second kappa shape index (κ2) is 7.63. The molecule has 0 unspecified atom stereocenters. The molecule has 0 bridgehead atoms. The Labute approximate surface area is 154 Å². The molecule has 0 aliphatic carbocycles. The second-order valence-corrected chi connectivity index (χ2v) is 8.40. The minimum absolute atomic E-state index is 0.00713. The predicted molar refractivity (Wildman–Crippen MR) is 99.1 cm³/mol. The van der Waals surface area contributed by atoms with Crippen LogP contribution in [0, 0.1) is 13.8 Å². The molecule has 26 heavy (non-hydrogen) atoms. The Morgan fingerprint density at radius 2 is 1.85 bits per heavy atom. The van der Waals surface area contributed by atoms with Crippen molar-refractivity contribution in [2.75, 3.05) is 20.2 Å². The van der Waals surface area contributed by atoms with Crippen LogP contribution in [0.15, 0.2) is 41.6 Å². The molecule has 1 aliphatic heterocycles. The summed E-state index contributed by atoms with van der Waals surface area (Å²) in [5.41, 5.74) is 1.93. The van der Waals surface area contributed by atoms with Crippen LogP contribution < -0.4 is 9.47 Å². The topological polar surface area (TPSA) is 68.7 Å². The van der Waals surface area contributed by atoms with Crippen LogP contribution in [0.3, 0.4) is 0 Å². The molecule has 0 amide bonds. The van der Waals surface area contributed by atoms with E-state index in [1.165, 1.54) is 11.4 Å². The van der Waals surface area contributed by atoms with Crippen molar-refractivity contribution < 1.29 is 17.9 Å². The van der Waals surface area contributed by atoms with E-state index in [1.54, 1.807) is 24.5 Å². The van der Waals surface area contributed by atoms with E-state index < -0.39 is 10.0 Å². The summed E-state index contributed by atoms with van der Waals surface area (Å²) in [5, 5.41) is 0. The lowest BCUT2D eigenvalue weighted by atomic mass is 10.1. The first kappa shape index (κ1) is 18.7. The number of hydrogen-bond acceptors (Lipinski definition) is 5. The number of hydrogen-bond donors (Lipinski definition) is 0. The molecular weight excluding hydrogens is 352 g/mol. The zero-order valence-corrected chi connectivity index (χ0v) is 16.1. The fourth-order valence-corrected chi connectivity index (χ4v) is 4.75. The van der Waals surface area contributed by atoms with Crippen LogP contribution in [0.2, 0.25) is 0 Å². The molecule has 2 aromatic rings. The molecule has 1 aliphatic rings. The van der Waals surface area contributed by atoms with Crippen LogP contribution in [-0.4, -0.2) is 44.0 Å². The molecule has 2 heterocycles. The SMILES string of the molecule is COc1cc(C)c(C)cc1S(=O)(=O)N1CCC(Oc2cccnc2)CC1. The molecule has 1 fully saturated rings. The van der Waals surface area contributed by atoms with Crippen LogP contribution in [0.5, 0.6) is 11.5 Å². The third kappa shape index (κ3) is 3.83. The fourth-order valence-electron chi connectivity index (χ4n) is 3.06. The molecule has 1 aromatic heterocycles. The smallest absolute Gasteiger partial charge is 0.246 e. The molecule has 7 heteroatoms. The van der Waals surface area contributed by atoms with Crippen LogP contribution >= 0.6 is 0 Å². The Bertz CT molecular complexity index is 861. The van der Waals surface area contributed by atoms with Crippen LogP contribution in [0.1, 0.15) is 24.0 Å². The second-order valence-electron chi connectivity index (χ2n) is 6.50. The van der Waals surface area contributed by atoms with E-state index in [4.69, 9.17) is 9.47 Å². The molecule has 0 N–H and O–H groups in total. The van der Waals surface area contributed by atoms with Gasteiger partial charge in [-0.3, -0.25) is 4.98 Å². The van der Waals surface area contributed by atoms with Crippen LogP contribution in [0.25, 0.3) is 0 Å². The van der Waals surface area contributed by atoms with Gasteiger partial charge in [-0.2, -0.15) is 4.31 Å². The quantitative estimate of drug-likeness (QED) is 0.802. The van der Waals surface area contributed by atoms with Crippen molar-refractivity contribution in [3.8, 4) is 11.5 Å². The highest BCUT2D eigenvalue weighted by atomic mass is 32.2. The summed E-state index contributed by atoms with van der Waals surface area (Å²) in [5.74, 6) is 1.10. The van der Waals surface area contributed by atoms with Gasteiger partial charge in [-0.1, -0.05) is 0 Å². The van der Waals surface area contributed by atoms with Gasteiger partial charge in [0.25, 0.3) is 0 Å². The van der Waals surface area contributed by atoms with Crippen molar-refractivity contribution in [2.45, 2.75) is 37.7 Å². The van der Waals surface area contributed by atoms with Gasteiger partial charge in [-0.25, -0.2) is 8.42 Å². The normalized spacial score (nSPS) is 16.4. The number of ether oxygens (including phenoxy) is 2. The summed E-state index contributed by atoms with van der Waals surface area (Å²) in [4.78, 5) is 4.26. The van der Waals surface area contributed by atoms with Gasteiger partial charge in [0.2, 0.25) is 10.0 Å². The van der Waals surface area contributed by atoms with Gasteiger partial charge in [0.05, 0.1) is 13.3 Å². The van der Waals surface area contributed by atoms with Gasteiger partial charge in [0.15, 0.2) is 0 Å². The third-order valence-electron chi connectivity index (χ3n) is 4.74. The zero-order chi connectivity index (χ0) is 18.7. The molecule has 1 saturated heterocycles. The van der Waals surface area contributed by atoms with E-state index in [1.807, 2.05) is 26.0 Å². The third-order valence-corrected chi connectivity index (χ3v) is 6.66. The molecule has 0 radical (unpaired) electrons. The van der Waals surface area contributed by atoms with Crippen molar-refractivity contribution in [1.82, 2.24) is 9.29 Å². The van der Waals surface area contributed by atoms with Crippen molar-refractivity contribution in [2.24, 2.45) is 0 Å². The maximum atomic E-state index is 13.1. The van der Waals surface area contributed by atoms with Crippen molar-refractivity contribution in [3.05, 3.63) is 47.8 Å². The zero-order valence-electron chi connectivity index (χ0n) is 15.3. The van der Waals surface area contributed by atoms with Crippen molar-refractivity contribution >= 4 is 10.0 Å². The number of pyridine rings is 1. The van der Waals surface area contributed by atoms with E-state index in [0.717, 1.165) is 11.1 Å². The molecular formula is C19H24N2O4S. The number of nitrogens with zero attached hydrogens (tertiary/aromatic N) is 2. The van der Waals surface area contributed by atoms with Gasteiger partial charge in [-0.15, -0.1) is 0 Å². The highest BCUT2D eigenvalue weighted by Gasteiger charge is 2.32. The van der Waals surface area contributed by atoms with Gasteiger partial charge >= 0.3 is 0 Å². The van der Waals surface area contributed by atoms with E-state index in [9.17, 15) is 8.42 Å². The van der Waals surface area contributed by atoms with Gasteiger partial charge in [0.1, 0.15) is 22.5 Å². The molecule has 1 aromatic carbocycles. The van der Waals surface area contributed by atoms with Crippen molar-refractivity contribution in [1.29, 1.82) is 0 Å². The van der Waals surface area contributed by atoms with Crippen molar-refractivity contribution in [3.63, 3.8) is 0 Å². The number of benzene rings is 1. The largest absolute Gasteiger partial charge is 0.495 e. The summed E-state index contributed by atoms with van der Waals surface area (Å²) in [7, 11) is -2.10. The molecule has 140 valence electrons. The average molecular weight is 376 g/mol. The molecule has 0 saturated carbocycles. The van der Waals surface area contributed by atoms with E-state index in [0.29, 0.717) is 37.4 Å². The minimum Gasteiger partial charge on any atom is -0.495 e. The van der Waals surface area contributed by atoms with Gasteiger partial charge < -0.3 is 9.47 Å². The Kier molecular flexibility index (Phi) is 5.48. The van der Waals surface area contributed by atoms with Crippen LogP contribution in [-0.2, 0) is 10.0 Å². The number of methoxy groups -OCH3 is 1. The lowest BCUT2D eigenvalue weighted by Crippen LogP contribution is -2.41. The number of piperidine rings is 1. The van der Waals surface area contributed by atoms with Gasteiger partial charge in [-0.05, 0) is 62.1 Å². The standard InChI is InChI=1S/C19H24N2O4S/c1-14-11-18(24-3)19(12-15(14)2)26(22,23)21-9-6-16(7-10-21)25-17-5-4-8-20-13-17/h4-5,8,11-13,16H,6-7,9-10H2,1-3H3. The van der Waals surface area contributed by atoms with E-state index in [-0.39, 0.29) is 11.0 Å². The van der Waals surface area contributed by atoms with E-state index in [2.05, 4.69) is 4.98 Å². The first-order valence-corrected chi connectivity index (χ1v) is 10.1. The highest BCUT2D eigenvalue weighted by Crippen LogP contribution is 2.31. The lowest BCUT2D eigenvalue weighted by Gasteiger charge is -2.31. The molecule has 0 atom stereocenters. The molecule has 0 spiro atoms. The Hall–Kier alpha value is -2.12. The van der Waals surface area contributed by atoms with Crippen LogP contribution in [0.4, 0.5) is 0 Å². The summed E-state index contributed by atoms with van der Waals surface area (Å²) < 4.78 is 38.9. The Balaban J connectivity index is 1.73. The fraction of sp³-hybridized carbons (Fsp3) is 0.421. The summed E-state index contributed by atoms with van der Waals surface area (Å²) in [6, 6.07) is 7.15. The Morgan fingerprint density at radius 3 is 2.46 bits per heavy atom. The monoisotopic (exact) mass is 376 g/mol. The Morgan fingerprint density at radius 1 is 1.15 bits per heavy atom. The predicted octanol–water partition coefficient (Wildman–Crippen LogP) is 2.94. The number of sulfonamides is 1. The maximum absolute atomic E-state index is 13.1. The highest BCUT2D eigenvalue weighted by molar-refractivity contribution is 7.89. The van der Waals surface area contributed by atoms with E-state index >= 15 is 0 Å². The molecule has 3 rings (SSSR count). The first-order chi connectivity index (χ1) is 12.4. The average Bonchev–Trinajstić information content (AvgIpc) is 2.65. The maximum Gasteiger partial charge on any atom is 0.246 e. The number of aryl methyl sites for hydroxylation is 2. The summed E-state index contributed by atoms with van der Waals surface area (Å²) >= 11 is 0. The first-order valence-electron chi connectivity index (χ1n) is 8.64. The number of rotatable bonds is 5. The summed E-state index contributed by atoms with van der Waals surface area (Å²) in [6.45, 7) is 4.68.